The van der Waals surface area contributed by atoms with Crippen molar-refractivity contribution >= 4 is 40.1 Å². The Kier molecular flexibility index (Phi) is 9.37. The Balaban J connectivity index is 1.34. The molecule has 38 heavy (non-hydrogen) atoms. The number of ether oxygens (including phenoxy) is 3. The van der Waals surface area contributed by atoms with Gasteiger partial charge in [-0.15, -0.1) is 0 Å². The van der Waals surface area contributed by atoms with Crippen LogP contribution in [0.3, 0.4) is 0 Å². The Labute approximate surface area is 232 Å². The van der Waals surface area contributed by atoms with Gasteiger partial charge in [0.25, 0.3) is 5.91 Å². The number of aromatic nitrogens is 2. The Hall–Kier alpha value is -3.42. The number of halogens is 2. The summed E-state index contributed by atoms with van der Waals surface area (Å²) in [5, 5.41) is 4.24. The number of amides is 1. The van der Waals surface area contributed by atoms with Crippen molar-refractivity contribution in [2.45, 2.75) is 32.2 Å². The van der Waals surface area contributed by atoms with E-state index in [-0.39, 0.29) is 5.91 Å². The fraction of sp³-hybridized carbons (Fsp3) is 0.310. The molecule has 7 nitrogen and oxygen atoms in total. The first-order chi connectivity index (χ1) is 18.4. The van der Waals surface area contributed by atoms with Crippen LogP contribution in [0.2, 0.25) is 10.0 Å². The number of imidazole rings is 1. The number of aryl methyl sites for hydroxylation is 1. The number of hydrogen-bond acceptors (Lipinski definition) is 5. The lowest BCUT2D eigenvalue weighted by molar-refractivity contribution is 0.0952. The van der Waals surface area contributed by atoms with E-state index in [0.29, 0.717) is 45.9 Å². The van der Waals surface area contributed by atoms with Gasteiger partial charge in [-0.2, -0.15) is 0 Å². The molecule has 4 rings (SSSR count). The predicted octanol–water partition coefficient (Wildman–Crippen LogP) is 6.56. The Bertz CT molecular complexity index is 1400. The van der Waals surface area contributed by atoms with Crippen LogP contribution in [0.1, 0.15) is 41.0 Å². The number of hydrogen-bond donors (Lipinski definition) is 1. The van der Waals surface area contributed by atoms with Crippen LogP contribution in [0.15, 0.2) is 54.6 Å². The highest BCUT2D eigenvalue weighted by Crippen LogP contribution is 2.38. The summed E-state index contributed by atoms with van der Waals surface area (Å²) in [6.07, 6.45) is 3.55. The van der Waals surface area contributed by atoms with Gasteiger partial charge < -0.3 is 24.1 Å². The van der Waals surface area contributed by atoms with Crippen molar-refractivity contribution in [1.29, 1.82) is 0 Å². The molecule has 0 radical (unpaired) electrons. The number of carbonyl (C=O) groups excluding carboxylic acids is 1. The maximum Gasteiger partial charge on any atom is 0.251 e. The summed E-state index contributed by atoms with van der Waals surface area (Å²) in [4.78, 5) is 17.6. The third-order valence-electron chi connectivity index (χ3n) is 6.37. The number of rotatable bonds is 12. The fourth-order valence-corrected chi connectivity index (χ4v) is 4.88. The van der Waals surface area contributed by atoms with Crippen LogP contribution < -0.4 is 19.5 Å². The van der Waals surface area contributed by atoms with Crippen LogP contribution in [0.5, 0.6) is 17.2 Å². The van der Waals surface area contributed by atoms with E-state index in [0.717, 1.165) is 48.1 Å². The van der Waals surface area contributed by atoms with Gasteiger partial charge in [0, 0.05) is 28.6 Å². The topological polar surface area (TPSA) is 74.6 Å². The van der Waals surface area contributed by atoms with Crippen LogP contribution in [0, 0.1) is 0 Å². The van der Waals surface area contributed by atoms with E-state index in [2.05, 4.69) is 16.0 Å². The van der Waals surface area contributed by atoms with E-state index in [1.807, 2.05) is 30.3 Å². The summed E-state index contributed by atoms with van der Waals surface area (Å²) in [6, 6.07) is 17.0. The molecule has 0 unspecified atom stereocenters. The molecule has 1 aromatic heterocycles. The minimum atomic E-state index is -0.189. The van der Waals surface area contributed by atoms with Gasteiger partial charge >= 0.3 is 0 Å². The Morgan fingerprint density at radius 2 is 1.66 bits per heavy atom. The fourth-order valence-electron chi connectivity index (χ4n) is 4.41. The van der Waals surface area contributed by atoms with Gasteiger partial charge in [0.15, 0.2) is 11.5 Å². The zero-order valence-electron chi connectivity index (χ0n) is 21.7. The summed E-state index contributed by atoms with van der Waals surface area (Å²) in [7, 11) is 4.58. The lowest BCUT2D eigenvalue weighted by Crippen LogP contribution is -2.24. The van der Waals surface area contributed by atoms with E-state index in [1.165, 1.54) is 21.3 Å². The highest BCUT2D eigenvalue weighted by Gasteiger charge is 2.17. The van der Waals surface area contributed by atoms with Crippen molar-refractivity contribution in [2.75, 3.05) is 27.9 Å². The normalized spacial score (nSPS) is 11.0. The number of para-hydroxylation sites is 2. The molecular formula is C29H31Cl2N3O4. The first kappa shape index (κ1) is 27.6. The molecule has 0 saturated heterocycles. The van der Waals surface area contributed by atoms with Crippen molar-refractivity contribution in [1.82, 2.24) is 14.9 Å². The number of carbonyl (C=O) groups is 1. The molecule has 1 amide bonds. The average Bonchev–Trinajstić information content (AvgIpc) is 3.27. The quantitative estimate of drug-likeness (QED) is 0.200. The van der Waals surface area contributed by atoms with Crippen molar-refractivity contribution in [3.8, 4) is 17.2 Å². The number of unbranched alkanes of at least 4 members (excludes halogenated alkanes) is 2. The summed E-state index contributed by atoms with van der Waals surface area (Å²) >= 11 is 12.5. The minimum absolute atomic E-state index is 0.189. The molecule has 0 atom stereocenters. The van der Waals surface area contributed by atoms with Gasteiger partial charge in [-0.1, -0.05) is 47.8 Å². The lowest BCUT2D eigenvalue weighted by atomic mass is 10.1. The molecule has 0 spiro atoms. The van der Waals surface area contributed by atoms with Crippen LogP contribution in [-0.4, -0.2) is 43.3 Å². The van der Waals surface area contributed by atoms with E-state index in [9.17, 15) is 4.79 Å². The molecule has 1 N–H and O–H groups in total. The molecule has 0 aliphatic carbocycles. The van der Waals surface area contributed by atoms with Crippen LogP contribution in [-0.2, 0) is 13.0 Å². The summed E-state index contributed by atoms with van der Waals surface area (Å²) < 4.78 is 18.2. The van der Waals surface area contributed by atoms with Crippen molar-refractivity contribution < 1.29 is 19.0 Å². The third-order valence-corrected chi connectivity index (χ3v) is 6.95. The van der Waals surface area contributed by atoms with Gasteiger partial charge in [-0.3, -0.25) is 4.79 Å². The van der Waals surface area contributed by atoms with E-state index in [4.69, 9.17) is 42.4 Å². The first-order valence-electron chi connectivity index (χ1n) is 12.4. The monoisotopic (exact) mass is 555 g/mol. The zero-order chi connectivity index (χ0) is 27.1. The van der Waals surface area contributed by atoms with Gasteiger partial charge in [-0.05, 0) is 54.8 Å². The van der Waals surface area contributed by atoms with E-state index < -0.39 is 0 Å². The zero-order valence-corrected chi connectivity index (χ0v) is 23.2. The molecule has 0 aliphatic heterocycles. The SMILES string of the molecule is COc1cc(C(=O)NCCCCCc2nc3ccccc3n2Cc2ccc(Cl)cc2Cl)cc(OC)c1OC. The van der Waals surface area contributed by atoms with Gasteiger partial charge in [0.1, 0.15) is 5.82 Å². The molecule has 200 valence electrons. The smallest absolute Gasteiger partial charge is 0.251 e. The molecule has 1 heterocycles. The first-order valence-corrected chi connectivity index (χ1v) is 13.2. The second-order valence-electron chi connectivity index (χ2n) is 8.82. The molecule has 3 aromatic carbocycles. The van der Waals surface area contributed by atoms with Gasteiger partial charge in [0.05, 0.1) is 38.9 Å². The second kappa shape index (κ2) is 12.9. The Morgan fingerprint density at radius 1 is 0.921 bits per heavy atom. The highest BCUT2D eigenvalue weighted by atomic mass is 35.5. The van der Waals surface area contributed by atoms with Crippen molar-refractivity contribution in [3.05, 3.63) is 81.6 Å². The van der Waals surface area contributed by atoms with Crippen molar-refractivity contribution in [3.63, 3.8) is 0 Å². The maximum absolute atomic E-state index is 12.7. The lowest BCUT2D eigenvalue weighted by Gasteiger charge is -2.14. The van der Waals surface area contributed by atoms with Crippen LogP contribution in [0.4, 0.5) is 0 Å². The standard InChI is InChI=1S/C29H31Cl2N3O4/c1-36-25-15-20(16-26(37-2)28(25)38-3)29(35)32-14-8-4-5-11-27-33-23-9-6-7-10-24(23)34(27)18-19-12-13-21(30)17-22(19)31/h6-7,9-10,12-13,15-17H,4-5,8,11,14,18H2,1-3H3,(H,32,35). The highest BCUT2D eigenvalue weighted by molar-refractivity contribution is 6.35. The van der Waals surface area contributed by atoms with Gasteiger partial charge in [-0.25, -0.2) is 4.98 Å². The molecule has 0 bridgehead atoms. The summed E-state index contributed by atoms with van der Waals surface area (Å²) in [6.45, 7) is 1.18. The number of fused-ring (bicyclic) bond motifs is 1. The van der Waals surface area contributed by atoms with E-state index >= 15 is 0 Å². The molecule has 0 saturated carbocycles. The number of methoxy groups -OCH3 is 3. The molecule has 9 heteroatoms. The van der Waals surface area contributed by atoms with Crippen LogP contribution >= 0.6 is 23.2 Å². The maximum atomic E-state index is 12.7. The number of benzene rings is 3. The van der Waals surface area contributed by atoms with Crippen LogP contribution in [0.25, 0.3) is 11.0 Å². The second-order valence-corrected chi connectivity index (χ2v) is 9.66. The largest absolute Gasteiger partial charge is 0.493 e. The van der Waals surface area contributed by atoms with Gasteiger partial charge in [0.2, 0.25) is 5.75 Å². The average molecular weight is 556 g/mol. The number of nitrogens with one attached hydrogen (secondary N) is 1. The Morgan fingerprint density at radius 3 is 2.34 bits per heavy atom. The third kappa shape index (κ3) is 6.34. The van der Waals surface area contributed by atoms with E-state index in [1.54, 1.807) is 18.2 Å². The predicted molar refractivity (Wildman–Crippen MR) is 151 cm³/mol. The minimum Gasteiger partial charge on any atom is -0.493 e. The molecule has 0 aliphatic rings. The molecule has 4 aromatic rings. The van der Waals surface area contributed by atoms with Crippen molar-refractivity contribution in [2.24, 2.45) is 0 Å². The molecular weight excluding hydrogens is 525 g/mol. The molecule has 0 fully saturated rings. The summed E-state index contributed by atoms with van der Waals surface area (Å²) in [5.74, 6) is 2.17. The number of nitrogens with zero attached hydrogens (tertiary/aromatic N) is 2. The summed E-state index contributed by atoms with van der Waals surface area (Å²) in [5.41, 5.74) is 3.49.